The van der Waals surface area contributed by atoms with E-state index in [9.17, 15) is 9.59 Å². The molecule has 1 saturated heterocycles. The SMILES string of the molecule is O=C(NC[C@H]1COc2ccccc2O1)c1ccc([C@H]2SCC(=O)N2Cc2ccccc2)cc1. The van der Waals surface area contributed by atoms with Gasteiger partial charge in [0.1, 0.15) is 18.1 Å². The van der Waals surface area contributed by atoms with Gasteiger partial charge in [-0.3, -0.25) is 9.59 Å². The van der Waals surface area contributed by atoms with E-state index in [1.807, 2.05) is 83.8 Å². The molecule has 7 heteroatoms. The molecule has 6 nitrogen and oxygen atoms in total. The lowest BCUT2D eigenvalue weighted by Gasteiger charge is -2.26. The summed E-state index contributed by atoms with van der Waals surface area (Å²) in [6.07, 6.45) is -0.240. The Morgan fingerprint density at radius 2 is 1.70 bits per heavy atom. The summed E-state index contributed by atoms with van der Waals surface area (Å²) >= 11 is 1.61. The van der Waals surface area contributed by atoms with Crippen LogP contribution in [0.4, 0.5) is 0 Å². The number of hydrogen-bond donors (Lipinski definition) is 1. The number of fused-ring (bicyclic) bond motifs is 1. The summed E-state index contributed by atoms with van der Waals surface area (Å²) in [5.41, 5.74) is 2.68. The largest absolute Gasteiger partial charge is 0.486 e. The minimum absolute atomic E-state index is 0.0531. The molecule has 0 saturated carbocycles. The zero-order valence-corrected chi connectivity index (χ0v) is 18.8. The van der Waals surface area contributed by atoms with Crippen LogP contribution >= 0.6 is 11.8 Å². The van der Waals surface area contributed by atoms with Crippen LogP contribution in [-0.2, 0) is 11.3 Å². The molecule has 3 aromatic rings. The quantitative estimate of drug-likeness (QED) is 0.602. The van der Waals surface area contributed by atoms with Crippen LogP contribution in [0.1, 0.15) is 26.9 Å². The maximum Gasteiger partial charge on any atom is 0.251 e. The van der Waals surface area contributed by atoms with Gasteiger partial charge in [-0.2, -0.15) is 0 Å². The minimum atomic E-state index is -0.240. The zero-order chi connectivity index (χ0) is 22.6. The highest BCUT2D eigenvalue weighted by molar-refractivity contribution is 8.00. The first-order valence-electron chi connectivity index (χ1n) is 10.9. The molecule has 1 fully saturated rings. The Bertz CT molecular complexity index is 1140. The van der Waals surface area contributed by atoms with Crippen molar-refractivity contribution in [2.75, 3.05) is 18.9 Å². The van der Waals surface area contributed by atoms with Crippen LogP contribution in [0.25, 0.3) is 0 Å². The molecule has 168 valence electrons. The predicted molar refractivity (Wildman–Crippen MR) is 127 cm³/mol. The van der Waals surface area contributed by atoms with Gasteiger partial charge in [0.2, 0.25) is 5.91 Å². The van der Waals surface area contributed by atoms with E-state index in [0.29, 0.717) is 36.8 Å². The molecular formula is C26H24N2O4S. The van der Waals surface area contributed by atoms with Crippen molar-refractivity contribution in [1.82, 2.24) is 10.2 Å². The number of hydrogen-bond acceptors (Lipinski definition) is 5. The van der Waals surface area contributed by atoms with E-state index < -0.39 is 0 Å². The van der Waals surface area contributed by atoms with E-state index in [0.717, 1.165) is 16.9 Å². The maximum absolute atomic E-state index is 12.6. The van der Waals surface area contributed by atoms with Gasteiger partial charge in [0, 0.05) is 12.1 Å². The topological polar surface area (TPSA) is 67.9 Å². The molecule has 2 aliphatic rings. The van der Waals surface area contributed by atoms with E-state index in [-0.39, 0.29) is 23.3 Å². The molecule has 0 spiro atoms. The van der Waals surface area contributed by atoms with Gasteiger partial charge in [-0.25, -0.2) is 0 Å². The molecule has 2 amide bonds. The first-order chi connectivity index (χ1) is 16.2. The number of thioether (sulfide) groups is 1. The highest BCUT2D eigenvalue weighted by Gasteiger charge is 2.32. The number of amides is 2. The highest BCUT2D eigenvalue weighted by atomic mass is 32.2. The molecule has 1 N–H and O–H groups in total. The normalized spacial score (nSPS) is 19.4. The average Bonchev–Trinajstić information content (AvgIpc) is 3.23. The maximum atomic E-state index is 12.6. The van der Waals surface area contributed by atoms with Crippen LogP contribution in [0, 0.1) is 0 Å². The lowest BCUT2D eigenvalue weighted by Crippen LogP contribution is -2.40. The number of ether oxygens (including phenoxy) is 2. The summed E-state index contributed by atoms with van der Waals surface area (Å²) in [5.74, 6) is 1.84. The second-order valence-electron chi connectivity index (χ2n) is 8.00. The fourth-order valence-electron chi connectivity index (χ4n) is 3.95. The average molecular weight is 461 g/mol. The van der Waals surface area contributed by atoms with Gasteiger partial charge in [0.15, 0.2) is 11.5 Å². The molecule has 0 radical (unpaired) electrons. The fourth-order valence-corrected chi connectivity index (χ4v) is 5.14. The summed E-state index contributed by atoms with van der Waals surface area (Å²) in [4.78, 5) is 27.0. The van der Waals surface area contributed by atoms with Crippen LogP contribution in [0.15, 0.2) is 78.9 Å². The highest BCUT2D eigenvalue weighted by Crippen LogP contribution is 2.39. The van der Waals surface area contributed by atoms with Gasteiger partial charge in [-0.1, -0.05) is 54.6 Å². The van der Waals surface area contributed by atoms with Gasteiger partial charge >= 0.3 is 0 Å². The second-order valence-corrected chi connectivity index (χ2v) is 9.07. The van der Waals surface area contributed by atoms with Crippen molar-refractivity contribution in [3.8, 4) is 11.5 Å². The summed E-state index contributed by atoms with van der Waals surface area (Å²) < 4.78 is 11.6. The molecule has 3 aromatic carbocycles. The summed E-state index contributed by atoms with van der Waals surface area (Å²) in [7, 11) is 0. The molecule has 2 heterocycles. The third-order valence-corrected chi connectivity index (χ3v) is 6.94. The number of carbonyl (C=O) groups excluding carboxylic acids is 2. The molecule has 33 heavy (non-hydrogen) atoms. The predicted octanol–water partition coefficient (Wildman–Crippen LogP) is 4.03. The Balaban J connectivity index is 1.19. The van der Waals surface area contributed by atoms with Gasteiger partial charge < -0.3 is 19.7 Å². The third kappa shape index (κ3) is 4.83. The number of benzene rings is 3. The lowest BCUT2D eigenvalue weighted by atomic mass is 10.1. The zero-order valence-electron chi connectivity index (χ0n) is 18.0. The van der Waals surface area contributed by atoms with Crippen molar-refractivity contribution in [3.05, 3.63) is 95.6 Å². The number of rotatable bonds is 6. The summed E-state index contributed by atoms with van der Waals surface area (Å²) in [6, 6.07) is 25.0. The van der Waals surface area contributed by atoms with Crippen LogP contribution in [0.5, 0.6) is 11.5 Å². The Morgan fingerprint density at radius 3 is 2.48 bits per heavy atom. The number of nitrogens with zero attached hydrogens (tertiary/aromatic N) is 1. The lowest BCUT2D eigenvalue weighted by molar-refractivity contribution is -0.128. The van der Waals surface area contributed by atoms with E-state index in [1.54, 1.807) is 11.8 Å². The molecule has 2 atom stereocenters. The van der Waals surface area contributed by atoms with Crippen molar-refractivity contribution in [3.63, 3.8) is 0 Å². The molecule has 0 aromatic heterocycles. The van der Waals surface area contributed by atoms with Crippen molar-refractivity contribution in [1.29, 1.82) is 0 Å². The Labute approximate surface area is 196 Å². The van der Waals surface area contributed by atoms with E-state index in [1.165, 1.54) is 0 Å². The van der Waals surface area contributed by atoms with Gasteiger partial charge in [0.05, 0.1) is 12.3 Å². The monoisotopic (exact) mass is 460 g/mol. The van der Waals surface area contributed by atoms with Crippen molar-refractivity contribution >= 4 is 23.6 Å². The van der Waals surface area contributed by atoms with Crippen LogP contribution in [0.2, 0.25) is 0 Å². The molecule has 5 rings (SSSR count). The molecule has 2 aliphatic heterocycles. The first-order valence-corrected chi connectivity index (χ1v) is 11.9. The van der Waals surface area contributed by atoms with E-state index in [4.69, 9.17) is 9.47 Å². The van der Waals surface area contributed by atoms with Gasteiger partial charge in [0.25, 0.3) is 5.91 Å². The molecule has 0 aliphatic carbocycles. The second kappa shape index (κ2) is 9.58. The van der Waals surface area contributed by atoms with Crippen molar-refractivity contribution in [2.45, 2.75) is 18.0 Å². The fraction of sp³-hybridized carbons (Fsp3) is 0.231. The number of carbonyl (C=O) groups is 2. The Morgan fingerprint density at radius 1 is 0.970 bits per heavy atom. The summed E-state index contributed by atoms with van der Waals surface area (Å²) in [6.45, 7) is 1.32. The third-order valence-electron chi connectivity index (χ3n) is 5.68. The molecular weight excluding hydrogens is 436 g/mol. The van der Waals surface area contributed by atoms with Gasteiger partial charge in [-0.15, -0.1) is 11.8 Å². The van der Waals surface area contributed by atoms with Gasteiger partial charge in [-0.05, 0) is 35.4 Å². The first kappa shape index (κ1) is 21.4. The molecule has 0 bridgehead atoms. The van der Waals surface area contributed by atoms with Crippen LogP contribution in [-0.4, -0.2) is 41.7 Å². The van der Waals surface area contributed by atoms with Crippen molar-refractivity contribution < 1.29 is 19.1 Å². The van der Waals surface area contributed by atoms with Crippen LogP contribution in [0.3, 0.4) is 0 Å². The number of para-hydroxylation sites is 2. The smallest absolute Gasteiger partial charge is 0.251 e. The minimum Gasteiger partial charge on any atom is -0.486 e. The molecule has 0 unspecified atom stereocenters. The standard InChI is InChI=1S/C26H24N2O4S/c29-24-17-33-26(28(24)15-18-6-2-1-3-7-18)20-12-10-19(11-13-20)25(30)27-14-21-16-31-22-8-4-5-9-23(22)32-21/h1-13,21,26H,14-17H2,(H,27,30)/t21-,26+/m0/s1. The van der Waals surface area contributed by atoms with Crippen LogP contribution < -0.4 is 14.8 Å². The summed E-state index contributed by atoms with van der Waals surface area (Å²) in [5, 5.41) is 2.87. The number of nitrogens with one attached hydrogen (secondary N) is 1. The van der Waals surface area contributed by atoms with Crippen molar-refractivity contribution in [2.24, 2.45) is 0 Å². The van der Waals surface area contributed by atoms with E-state index >= 15 is 0 Å². The van der Waals surface area contributed by atoms with E-state index in [2.05, 4.69) is 5.32 Å². The Hall–Kier alpha value is -3.45. The Kier molecular flexibility index (Phi) is 6.21.